The number of imidazole rings is 1. The van der Waals surface area contributed by atoms with Gasteiger partial charge in [0.25, 0.3) is 5.56 Å². The minimum absolute atomic E-state index is 0.0228. The van der Waals surface area contributed by atoms with E-state index in [2.05, 4.69) is 20.3 Å². The van der Waals surface area contributed by atoms with Crippen LogP contribution < -0.4 is 20.3 Å². The van der Waals surface area contributed by atoms with Crippen molar-refractivity contribution in [1.29, 1.82) is 0 Å². The van der Waals surface area contributed by atoms with E-state index in [1.54, 1.807) is 28.1 Å². The van der Waals surface area contributed by atoms with Crippen LogP contribution in [0, 0.1) is 5.92 Å². The Bertz CT molecular complexity index is 1840. The van der Waals surface area contributed by atoms with E-state index in [0.717, 1.165) is 16.7 Å². The molecule has 6 rings (SSSR count). The Hall–Kier alpha value is -5.07. The first kappa shape index (κ1) is 31.9. The van der Waals surface area contributed by atoms with Crippen LogP contribution in [0.3, 0.4) is 0 Å². The number of ether oxygens (including phenoxy) is 4. The van der Waals surface area contributed by atoms with Gasteiger partial charge < -0.3 is 18.9 Å². The average Bonchev–Trinajstić information content (AvgIpc) is 3.69. The summed E-state index contributed by atoms with van der Waals surface area (Å²) in [7, 11) is 3.21. The number of fused-ring (bicyclic) bond motifs is 1. The second-order valence-electron chi connectivity index (χ2n) is 11.6. The van der Waals surface area contributed by atoms with Crippen LogP contribution in [0.15, 0.2) is 90.0 Å². The van der Waals surface area contributed by atoms with E-state index in [9.17, 15) is 9.59 Å². The van der Waals surface area contributed by atoms with E-state index < -0.39 is 29.7 Å². The Labute approximate surface area is 270 Å². The first-order chi connectivity index (χ1) is 22.7. The topological polar surface area (TPSA) is 130 Å². The maximum absolute atomic E-state index is 15.8. The summed E-state index contributed by atoms with van der Waals surface area (Å²) in [5.41, 5.74) is 0.977. The zero-order chi connectivity index (χ0) is 33.1. The van der Waals surface area contributed by atoms with Gasteiger partial charge in [-0.15, -0.1) is 0 Å². The van der Waals surface area contributed by atoms with Gasteiger partial charge in [-0.25, -0.2) is 9.37 Å². The number of benzene rings is 3. The highest BCUT2D eigenvalue weighted by atomic mass is 19.1. The lowest BCUT2D eigenvalue weighted by atomic mass is 9.80. The van der Waals surface area contributed by atoms with Crippen molar-refractivity contribution in [1.82, 2.24) is 19.5 Å². The Morgan fingerprint density at radius 1 is 1.00 bits per heavy atom. The molecule has 11 nitrogen and oxygen atoms in total. The number of hydrogen-bond donors (Lipinski definition) is 2. The molecule has 0 bridgehead atoms. The highest BCUT2D eigenvalue weighted by molar-refractivity contribution is 5.91. The lowest BCUT2D eigenvalue weighted by Crippen LogP contribution is -2.37. The van der Waals surface area contributed by atoms with Crippen LogP contribution in [-0.2, 0) is 19.9 Å². The molecule has 47 heavy (non-hydrogen) atoms. The first-order valence-corrected chi connectivity index (χ1v) is 15.3. The molecule has 0 unspecified atom stereocenters. The van der Waals surface area contributed by atoms with Gasteiger partial charge in [-0.3, -0.25) is 24.5 Å². The molecule has 2 aromatic heterocycles. The largest absolute Gasteiger partial charge is 0.497 e. The van der Waals surface area contributed by atoms with Crippen molar-refractivity contribution in [3.63, 3.8) is 0 Å². The second-order valence-corrected chi connectivity index (χ2v) is 11.6. The highest BCUT2D eigenvalue weighted by Gasteiger charge is 2.43. The normalized spacial score (nSPS) is 18.0. The Morgan fingerprint density at radius 3 is 2.17 bits per heavy atom. The number of nitrogens with one attached hydrogen (secondary N) is 2. The van der Waals surface area contributed by atoms with E-state index in [1.165, 1.54) is 10.9 Å². The zero-order valence-electron chi connectivity index (χ0n) is 26.5. The lowest BCUT2D eigenvalue weighted by molar-refractivity contribution is -0.118. The van der Waals surface area contributed by atoms with E-state index in [1.807, 2.05) is 78.9 Å². The number of aromatic nitrogens is 4. The van der Waals surface area contributed by atoms with Crippen molar-refractivity contribution in [2.24, 2.45) is 5.92 Å². The third-order valence-electron chi connectivity index (χ3n) is 8.31. The fourth-order valence-electron chi connectivity index (χ4n) is 5.75. The van der Waals surface area contributed by atoms with Gasteiger partial charge in [0.1, 0.15) is 35.6 Å². The summed E-state index contributed by atoms with van der Waals surface area (Å²) in [5, 5.41) is 2.60. The first-order valence-electron chi connectivity index (χ1n) is 15.3. The van der Waals surface area contributed by atoms with Crippen LogP contribution in [0.25, 0.3) is 11.2 Å². The van der Waals surface area contributed by atoms with Crippen molar-refractivity contribution >= 4 is 23.0 Å². The number of alkyl halides is 1. The molecule has 0 spiro atoms. The molecule has 1 amide bonds. The van der Waals surface area contributed by atoms with Crippen LogP contribution in [0.5, 0.6) is 11.5 Å². The number of hydrogen-bond acceptors (Lipinski definition) is 8. The van der Waals surface area contributed by atoms with Crippen LogP contribution in [0.1, 0.15) is 43.2 Å². The molecule has 3 aromatic carbocycles. The fourth-order valence-corrected chi connectivity index (χ4v) is 5.75. The summed E-state index contributed by atoms with van der Waals surface area (Å²) < 4.78 is 41.3. The fraction of sp³-hybridized carbons (Fsp3) is 0.314. The molecule has 3 heterocycles. The number of amides is 1. The summed E-state index contributed by atoms with van der Waals surface area (Å²) in [6.07, 6.45) is -1.81. The molecule has 244 valence electrons. The van der Waals surface area contributed by atoms with Crippen LogP contribution in [0.4, 0.5) is 10.3 Å². The molecular formula is C35H36FN5O6. The SMILES string of the molecule is COc1ccc(C(OC[C@H]2O[C@@H](n3cnc4c(=O)[nH]c(NC(=O)C(C)C)nc43)C[C@H]2F)(c2ccccc2)c2ccc(OC)cc2)cc1. The van der Waals surface area contributed by atoms with E-state index in [4.69, 9.17) is 18.9 Å². The molecule has 0 radical (unpaired) electrons. The molecule has 2 N–H and O–H groups in total. The predicted octanol–water partition coefficient (Wildman–Crippen LogP) is 5.37. The molecule has 12 heteroatoms. The van der Waals surface area contributed by atoms with Gasteiger partial charge in [0.05, 0.1) is 27.2 Å². The number of carbonyl (C=O) groups is 1. The van der Waals surface area contributed by atoms with Crippen molar-refractivity contribution in [2.45, 2.75) is 44.4 Å². The molecule has 5 aromatic rings. The number of methoxy groups -OCH3 is 2. The Kier molecular flexibility index (Phi) is 9.06. The van der Waals surface area contributed by atoms with Gasteiger partial charge in [0.15, 0.2) is 11.2 Å². The number of H-pyrrole nitrogens is 1. The predicted molar refractivity (Wildman–Crippen MR) is 173 cm³/mol. The molecule has 1 fully saturated rings. The van der Waals surface area contributed by atoms with Gasteiger partial charge in [-0.1, -0.05) is 68.4 Å². The van der Waals surface area contributed by atoms with Gasteiger partial charge >= 0.3 is 0 Å². The van der Waals surface area contributed by atoms with E-state index in [0.29, 0.717) is 11.5 Å². The molecule has 0 aliphatic carbocycles. The summed E-state index contributed by atoms with van der Waals surface area (Å²) in [6.45, 7) is 3.34. The third-order valence-corrected chi connectivity index (χ3v) is 8.31. The highest BCUT2D eigenvalue weighted by Crippen LogP contribution is 2.43. The Morgan fingerprint density at radius 2 is 1.60 bits per heavy atom. The second kappa shape index (κ2) is 13.3. The van der Waals surface area contributed by atoms with Crippen molar-refractivity contribution in [3.8, 4) is 11.5 Å². The monoisotopic (exact) mass is 641 g/mol. The smallest absolute Gasteiger partial charge is 0.280 e. The molecule has 3 atom stereocenters. The minimum atomic E-state index is -1.40. The molecule has 1 aliphatic heterocycles. The lowest BCUT2D eigenvalue weighted by Gasteiger charge is -2.37. The number of rotatable bonds is 11. The molecule has 0 saturated carbocycles. The number of anilines is 1. The van der Waals surface area contributed by atoms with Gasteiger partial charge in [-0.05, 0) is 41.0 Å². The summed E-state index contributed by atoms with van der Waals surface area (Å²) in [6, 6.07) is 24.9. The van der Waals surface area contributed by atoms with E-state index in [-0.39, 0.29) is 42.0 Å². The van der Waals surface area contributed by atoms with Crippen LogP contribution in [-0.4, -0.2) is 58.5 Å². The number of halogens is 1. The minimum Gasteiger partial charge on any atom is -0.497 e. The quantitative estimate of drug-likeness (QED) is 0.184. The van der Waals surface area contributed by atoms with Crippen molar-refractivity contribution in [3.05, 3.63) is 112 Å². The van der Waals surface area contributed by atoms with Gasteiger partial charge in [0, 0.05) is 12.3 Å². The van der Waals surface area contributed by atoms with E-state index >= 15 is 4.39 Å². The van der Waals surface area contributed by atoms with Crippen LogP contribution in [0.2, 0.25) is 0 Å². The zero-order valence-corrected chi connectivity index (χ0v) is 26.5. The Balaban J connectivity index is 1.33. The molecule has 1 saturated heterocycles. The van der Waals surface area contributed by atoms with Crippen molar-refractivity contribution < 1.29 is 28.1 Å². The standard InChI is InChI=1S/C35H36FN5O6/c1-21(2)32(42)39-34-38-31-30(33(43)40-34)37-20-41(31)29-18-27(36)28(47-29)19-46-35(22-8-6-5-7-9-22,23-10-14-25(44-3)15-11-23)24-12-16-26(45-4)17-13-24/h5-17,20-21,27-29H,18-19H2,1-4H3,(H2,38,39,40,42,43)/t27-,28-,29-/m1/s1. The maximum Gasteiger partial charge on any atom is 0.280 e. The third kappa shape index (κ3) is 6.21. The molecular weight excluding hydrogens is 605 g/mol. The molecule has 1 aliphatic rings. The summed E-state index contributed by atoms with van der Waals surface area (Å²) >= 11 is 0. The summed E-state index contributed by atoms with van der Waals surface area (Å²) in [5.74, 6) is 0.703. The number of carbonyl (C=O) groups excluding carboxylic acids is 1. The van der Waals surface area contributed by atoms with Crippen molar-refractivity contribution in [2.75, 3.05) is 26.1 Å². The maximum atomic E-state index is 15.8. The summed E-state index contributed by atoms with van der Waals surface area (Å²) in [4.78, 5) is 36.1. The van der Waals surface area contributed by atoms with Gasteiger partial charge in [0.2, 0.25) is 11.9 Å². The van der Waals surface area contributed by atoms with Gasteiger partial charge in [-0.2, -0.15) is 4.98 Å². The number of nitrogens with zero attached hydrogens (tertiary/aromatic N) is 3. The van der Waals surface area contributed by atoms with Crippen LogP contribution >= 0.6 is 0 Å². The average molecular weight is 642 g/mol. The number of aromatic amines is 1.